The largest absolute Gasteiger partial charge is 0.386 e. The van der Waals surface area contributed by atoms with E-state index in [0.29, 0.717) is 18.0 Å². The summed E-state index contributed by atoms with van der Waals surface area (Å²) in [5.41, 5.74) is -1.40. The lowest BCUT2D eigenvalue weighted by Gasteiger charge is -2.18. The minimum atomic E-state index is -3.23. The van der Waals surface area contributed by atoms with Gasteiger partial charge in [-0.15, -0.1) is 0 Å². The van der Waals surface area contributed by atoms with Gasteiger partial charge in [-0.25, -0.2) is 30.7 Å². The van der Waals surface area contributed by atoms with E-state index in [9.17, 15) is 30.7 Å². The molecule has 174 valence electrons. The van der Waals surface area contributed by atoms with Crippen LogP contribution >= 0.6 is 11.9 Å². The molecule has 0 amide bonds. The maximum atomic E-state index is 14.8. The molecule has 2 atom stereocenters. The zero-order valence-corrected chi connectivity index (χ0v) is 17.5. The Bertz CT molecular complexity index is 1140. The van der Waals surface area contributed by atoms with Crippen molar-refractivity contribution in [3.8, 4) is 17.2 Å². The van der Waals surface area contributed by atoms with Crippen LogP contribution in [0.4, 0.5) is 30.7 Å². The Morgan fingerprint density at radius 2 is 1.88 bits per heavy atom. The molecule has 0 radical (unpaired) electrons. The van der Waals surface area contributed by atoms with Gasteiger partial charge in [-0.2, -0.15) is 0 Å². The Morgan fingerprint density at radius 3 is 2.58 bits per heavy atom. The van der Waals surface area contributed by atoms with E-state index in [-0.39, 0.29) is 24.4 Å². The number of amidine groups is 1. The molecule has 2 aromatic carbocycles. The van der Waals surface area contributed by atoms with Crippen molar-refractivity contribution in [2.75, 3.05) is 19.1 Å². The standard InChI is InChI=1S/C21H15F7N3OS/c22-10-33-29-7-11-8-31(9-21(11,27)28)18-6-17(32-30-18)20-13(4-12(23)5-16(20)26)19-14(24)2-1-3-15(19)25/h1-5,11,17H,6,8-10H2/q+1. The molecular formula is C21H15F7N3OS+. The van der Waals surface area contributed by atoms with E-state index < -0.39 is 64.9 Å². The van der Waals surface area contributed by atoms with Gasteiger partial charge in [0.05, 0.1) is 18.5 Å². The Kier molecular flexibility index (Phi) is 6.43. The summed E-state index contributed by atoms with van der Waals surface area (Å²) >= 11 is 0.438. The van der Waals surface area contributed by atoms with Crippen molar-refractivity contribution in [1.82, 2.24) is 4.90 Å². The highest BCUT2D eigenvalue weighted by Crippen LogP contribution is 2.41. The fourth-order valence-corrected chi connectivity index (χ4v) is 4.07. The Balaban J connectivity index is 1.61. The van der Waals surface area contributed by atoms with E-state index in [0.717, 1.165) is 24.3 Å². The Labute approximate surface area is 188 Å². The van der Waals surface area contributed by atoms with Gasteiger partial charge in [-0.3, -0.25) is 0 Å². The van der Waals surface area contributed by atoms with E-state index in [1.165, 1.54) is 4.90 Å². The zero-order chi connectivity index (χ0) is 23.8. The summed E-state index contributed by atoms with van der Waals surface area (Å²) in [6, 6.07) is 5.61. The van der Waals surface area contributed by atoms with Gasteiger partial charge in [0.15, 0.2) is 12.0 Å². The van der Waals surface area contributed by atoms with E-state index in [2.05, 4.69) is 15.5 Å². The molecule has 2 aliphatic heterocycles. The van der Waals surface area contributed by atoms with Gasteiger partial charge >= 0.3 is 18.0 Å². The monoisotopic (exact) mass is 490 g/mol. The molecule has 4 nitrogen and oxygen atoms in total. The molecule has 1 saturated heterocycles. The van der Waals surface area contributed by atoms with Crippen molar-refractivity contribution in [3.05, 3.63) is 63.4 Å². The molecule has 1 fully saturated rings. The summed E-state index contributed by atoms with van der Waals surface area (Å²) in [5, 5.41) is 3.75. The number of halogens is 7. The predicted octanol–water partition coefficient (Wildman–Crippen LogP) is 6.16. The van der Waals surface area contributed by atoms with Crippen LogP contribution in [-0.2, 0) is 4.84 Å². The average Bonchev–Trinajstić information content (AvgIpc) is 3.32. The molecular weight excluding hydrogens is 475 g/mol. The molecule has 2 unspecified atom stereocenters. The lowest BCUT2D eigenvalue weighted by atomic mass is 9.93. The number of hydrogen-bond donors (Lipinski definition) is 0. The van der Waals surface area contributed by atoms with Gasteiger partial charge in [0.2, 0.25) is 6.01 Å². The number of hydrogen-bond acceptors (Lipinski definition) is 4. The smallest absolute Gasteiger partial charge is 0.345 e. The third kappa shape index (κ3) is 4.59. The quantitative estimate of drug-likeness (QED) is 0.381. The fraction of sp³-hybridized carbons (Fsp3) is 0.333. The summed E-state index contributed by atoms with van der Waals surface area (Å²) < 4.78 is 102. The van der Waals surface area contributed by atoms with E-state index in [1.54, 1.807) is 0 Å². The first kappa shape index (κ1) is 23.2. The van der Waals surface area contributed by atoms with Gasteiger partial charge < -0.3 is 9.74 Å². The minimum Gasteiger partial charge on any atom is -0.386 e. The molecule has 2 aliphatic rings. The lowest BCUT2D eigenvalue weighted by molar-refractivity contribution is -0.00611. The van der Waals surface area contributed by atoms with Crippen LogP contribution in [0.2, 0.25) is 0 Å². The molecule has 0 bridgehead atoms. The number of alkyl halides is 3. The van der Waals surface area contributed by atoms with Gasteiger partial charge in [-0.1, -0.05) is 11.2 Å². The molecule has 4 rings (SSSR count). The Morgan fingerprint density at radius 1 is 1.15 bits per heavy atom. The SMILES string of the molecule is FCS[N+]#CC1CN(C2=NOC(c3c(F)cc(F)cc3-c3c(F)cccc3F)C2)CC1(F)F. The first-order valence-corrected chi connectivity index (χ1v) is 10.6. The number of likely N-dealkylation sites (tertiary alicyclic amines) is 1. The van der Waals surface area contributed by atoms with Gasteiger partial charge in [0.1, 0.15) is 29.1 Å². The Hall–Kier alpha value is -2.94. The summed E-state index contributed by atoms with van der Waals surface area (Å²) in [4.78, 5) is 6.42. The predicted molar refractivity (Wildman–Crippen MR) is 108 cm³/mol. The van der Waals surface area contributed by atoms with Crippen molar-refractivity contribution >= 4 is 17.8 Å². The van der Waals surface area contributed by atoms with Crippen LogP contribution in [0, 0.1) is 35.3 Å². The molecule has 0 spiro atoms. The second kappa shape index (κ2) is 9.13. The molecule has 33 heavy (non-hydrogen) atoms. The highest BCUT2D eigenvalue weighted by molar-refractivity contribution is 8.01. The van der Waals surface area contributed by atoms with Crippen LogP contribution in [0.3, 0.4) is 0 Å². The summed E-state index contributed by atoms with van der Waals surface area (Å²) in [6.45, 7) is -1.00. The highest BCUT2D eigenvalue weighted by atomic mass is 32.2. The number of rotatable bonds is 3. The normalized spacial score (nSPS) is 21.4. The number of benzene rings is 2. The first-order valence-electron chi connectivity index (χ1n) is 9.63. The van der Waals surface area contributed by atoms with Gasteiger partial charge in [0.25, 0.3) is 5.92 Å². The second-order valence-corrected chi connectivity index (χ2v) is 8.06. The highest BCUT2D eigenvalue weighted by Gasteiger charge is 2.52. The van der Waals surface area contributed by atoms with Gasteiger partial charge in [0, 0.05) is 28.0 Å². The van der Waals surface area contributed by atoms with Crippen LogP contribution in [-0.4, -0.2) is 35.8 Å². The van der Waals surface area contributed by atoms with Crippen molar-refractivity contribution in [2.45, 2.75) is 18.4 Å². The second-order valence-electron chi connectivity index (χ2n) is 7.40. The van der Waals surface area contributed by atoms with Crippen LogP contribution < -0.4 is 0 Å². The third-order valence-electron chi connectivity index (χ3n) is 5.30. The van der Waals surface area contributed by atoms with Crippen molar-refractivity contribution < 1.29 is 35.6 Å². The van der Waals surface area contributed by atoms with Crippen molar-refractivity contribution in [1.29, 1.82) is 0 Å². The minimum absolute atomic E-state index is 0.0470. The van der Waals surface area contributed by atoms with E-state index in [4.69, 9.17) is 4.84 Å². The third-order valence-corrected chi connectivity index (χ3v) is 5.64. The van der Waals surface area contributed by atoms with Gasteiger partial charge in [-0.05, 0) is 18.2 Å². The molecule has 2 aromatic rings. The molecule has 2 heterocycles. The van der Waals surface area contributed by atoms with Crippen molar-refractivity contribution in [3.63, 3.8) is 0 Å². The van der Waals surface area contributed by atoms with Crippen LogP contribution in [0.5, 0.6) is 0 Å². The fourth-order valence-electron chi connectivity index (χ4n) is 3.82. The molecule has 12 heteroatoms. The zero-order valence-electron chi connectivity index (χ0n) is 16.7. The number of oxime groups is 1. The number of nitrogens with zero attached hydrogens (tertiary/aromatic N) is 3. The molecule has 0 aromatic heterocycles. The summed E-state index contributed by atoms with van der Waals surface area (Å²) in [6.07, 6.45) is -1.44. The molecule has 0 N–H and O–H groups in total. The van der Waals surface area contributed by atoms with Crippen LogP contribution in [0.1, 0.15) is 18.1 Å². The summed E-state index contributed by atoms with van der Waals surface area (Å²) in [7, 11) is 0. The van der Waals surface area contributed by atoms with E-state index >= 15 is 0 Å². The lowest BCUT2D eigenvalue weighted by Crippen LogP contribution is -2.31. The van der Waals surface area contributed by atoms with Crippen molar-refractivity contribution in [2.24, 2.45) is 11.1 Å². The topological polar surface area (TPSA) is 29.2 Å². The summed E-state index contributed by atoms with van der Waals surface area (Å²) in [5.74, 6) is -8.87. The molecule has 0 aliphatic carbocycles. The molecule has 0 saturated carbocycles. The first-order chi connectivity index (χ1) is 15.7. The average molecular weight is 490 g/mol. The van der Waals surface area contributed by atoms with Crippen LogP contribution in [0.25, 0.3) is 15.4 Å². The van der Waals surface area contributed by atoms with Crippen LogP contribution in [0.15, 0.2) is 35.5 Å². The maximum Gasteiger partial charge on any atom is 0.345 e. The maximum absolute atomic E-state index is 14.8. The van der Waals surface area contributed by atoms with E-state index in [1.807, 2.05) is 0 Å².